The molecule has 3 aliphatic rings. The number of ether oxygens (including phenoxy) is 8. The van der Waals surface area contributed by atoms with Gasteiger partial charge in [-0.15, -0.1) is 34.0 Å². The summed E-state index contributed by atoms with van der Waals surface area (Å²) in [7, 11) is 2.96. The van der Waals surface area contributed by atoms with Gasteiger partial charge >= 0.3 is 11.9 Å². The lowest BCUT2D eigenvalue weighted by molar-refractivity contribution is -0.141. The number of thiophene rings is 3. The maximum absolute atomic E-state index is 15.0. The molecule has 9 heterocycles. The fourth-order valence-electron chi connectivity index (χ4n) is 12.8. The van der Waals surface area contributed by atoms with E-state index in [1.54, 1.807) is 104 Å². The van der Waals surface area contributed by atoms with Crippen LogP contribution in [0.5, 0.6) is 46.0 Å². The van der Waals surface area contributed by atoms with Crippen LogP contribution in [0.2, 0.25) is 0 Å². The molecule has 0 atom stereocenters. The van der Waals surface area contributed by atoms with Crippen LogP contribution in [0.25, 0.3) is 30.6 Å². The first kappa shape index (κ1) is 101. The highest BCUT2D eigenvalue weighted by atomic mass is 32.1. The zero-order valence-corrected chi connectivity index (χ0v) is 75.8. The number of methoxy groups -OCH3 is 2. The molecule has 706 valence electrons. The maximum Gasteiger partial charge on any atom is 0.312 e. The lowest BCUT2D eigenvalue weighted by atomic mass is 10.2. The van der Waals surface area contributed by atoms with Gasteiger partial charge in [-0.05, 0) is 103 Å². The highest BCUT2D eigenvalue weighted by Gasteiger charge is 2.22. The molecule has 10 N–H and O–H groups in total. The molecule has 16 rings (SSSR count). The summed E-state index contributed by atoms with van der Waals surface area (Å²) in [6.07, 6.45) is 2.56. The molecular weight excluding hydrogens is 1840 g/mol. The number of carbonyl (C=O) groups is 8. The van der Waals surface area contributed by atoms with Gasteiger partial charge in [-0.1, -0.05) is 84.1 Å². The van der Waals surface area contributed by atoms with Gasteiger partial charge in [0.1, 0.15) is 66.1 Å². The van der Waals surface area contributed by atoms with Crippen LogP contribution in [-0.2, 0) is 52.6 Å². The highest BCUT2D eigenvalue weighted by Crippen LogP contribution is 2.40. The Kier molecular flexibility index (Phi) is 37.5. The van der Waals surface area contributed by atoms with Gasteiger partial charge in [0.2, 0.25) is 35.4 Å². The Balaban J connectivity index is 0.000000163. The Labute approximate surface area is 793 Å². The Morgan fingerprint density at radius 3 is 0.978 bits per heavy atom. The molecular formula is C98H88F5N13O18S3. The van der Waals surface area contributed by atoms with E-state index in [0.29, 0.717) is 89.7 Å². The molecule has 0 saturated carbocycles. The third-order valence-electron chi connectivity index (χ3n) is 19.4. The number of aromatic nitrogens is 3. The molecule has 13 aromatic rings. The average Bonchev–Trinajstić information content (AvgIpc) is 1.68. The summed E-state index contributed by atoms with van der Waals surface area (Å²) in [5.41, 5.74) is 9.32. The number of hydrogen-bond acceptors (Lipinski definition) is 26. The smallest absolute Gasteiger partial charge is 0.312 e. The van der Waals surface area contributed by atoms with Gasteiger partial charge in [-0.2, -0.15) is 0 Å². The van der Waals surface area contributed by atoms with Crippen molar-refractivity contribution < 1.29 is 108 Å². The molecule has 7 aromatic carbocycles. The minimum Gasteiger partial charge on any atom is -0.495 e. The number of aliphatic carboxylic acids is 2. The van der Waals surface area contributed by atoms with Crippen LogP contribution < -0.4 is 61.3 Å². The molecule has 3 fully saturated rings. The second kappa shape index (κ2) is 51.1. The molecule has 3 saturated heterocycles. The number of fused-ring (bicyclic) bond motifs is 3. The van der Waals surface area contributed by atoms with Crippen molar-refractivity contribution >= 4 is 152 Å². The standard InChI is InChI=1S/C30H27FN4O5S.C29H24F2N4O4S.C20H18FN3O2S.C10H11NO4.C9H8FNO3/c1-38-26-7-3-2-6-23(26)34-29(37)19-28(36)33-20-8-9-25(22(31)17-20)40-27-10-11-32-24-18-21(41-30(24)27)5-4-12-35-13-15-39-16-14-35;30-21-5-1-2-6-23(21)34-28(37)18-27(36)33-19-7-8-25(22(31)16-19)39-26-9-10-32-24-17-20(40-29(24)26)4-3-11-35-12-14-38-15-13-35;21-16-12-14(22)3-4-18(16)26-19-5-6-23-17-13-15(27-20(17)19)2-1-7-24-8-10-25-11-9-24;1-15-8-5-3-2-4-7(8)11-9(12)6-10(13)14;10-6-3-1-2-4-7(6)11-8(12)5-9(13)14/h2-3,6-11,17-18H,12-16,19H2,1H3,(H,33,36)(H,34,37);1-2,5-10,16-17H,11-15,18H2,(H,33,36)(H,34,37);3-6,12-13H,7-11,22H2;2-5H,6H2,1H3,(H,11,12)(H,13,14);1-4H,5H2,(H,11,12)(H,13,14). The lowest BCUT2D eigenvalue weighted by Crippen LogP contribution is -2.36. The number of hydrogen-bond donors (Lipinski definition) is 9. The van der Waals surface area contributed by atoms with Gasteiger partial charge in [-0.3, -0.25) is 68.0 Å². The van der Waals surface area contributed by atoms with Gasteiger partial charge in [0, 0.05) is 111 Å². The van der Waals surface area contributed by atoms with Crippen molar-refractivity contribution in [1.29, 1.82) is 0 Å². The summed E-state index contributed by atoms with van der Waals surface area (Å²) in [5, 5.41) is 31.2. The third kappa shape index (κ3) is 31.6. The van der Waals surface area contributed by atoms with Crippen LogP contribution in [0.3, 0.4) is 0 Å². The second-order valence-corrected chi connectivity index (χ2v) is 32.6. The van der Waals surface area contributed by atoms with Crippen LogP contribution in [0.1, 0.15) is 40.3 Å². The van der Waals surface area contributed by atoms with Crippen molar-refractivity contribution in [2.75, 3.05) is 150 Å². The molecule has 6 aromatic heterocycles. The quantitative estimate of drug-likeness (QED) is 0.0111. The second-order valence-electron chi connectivity index (χ2n) is 29.4. The van der Waals surface area contributed by atoms with E-state index in [1.807, 2.05) is 18.2 Å². The van der Waals surface area contributed by atoms with E-state index < -0.39 is 102 Å². The number of carboxylic acid groups (broad SMARTS) is 2. The first-order valence-electron chi connectivity index (χ1n) is 42.0. The molecule has 137 heavy (non-hydrogen) atoms. The molecule has 0 radical (unpaired) electrons. The van der Waals surface area contributed by atoms with Crippen LogP contribution in [0, 0.1) is 64.6 Å². The largest absolute Gasteiger partial charge is 0.495 e. The van der Waals surface area contributed by atoms with Crippen LogP contribution in [-0.4, -0.2) is 200 Å². The SMILES string of the molecule is COc1ccccc1NC(=O)CC(=O)Nc1ccc(Oc2ccnc3cc(C#CCN4CCOCC4)sc23)c(F)c1.COc1ccccc1NC(=O)CC(=O)O.Nc1ccc(Oc2ccnc3cc(C#CCN4CCOCC4)sc23)c(F)c1.O=C(CC(=O)Nc1ccccc1F)Nc1ccc(Oc2ccnc3cc(C#CCN4CCOCC4)sc23)c(F)c1.O=C(O)CC(=O)Nc1ccccc1F. The number of benzene rings is 7. The van der Waals surface area contributed by atoms with Crippen molar-refractivity contribution in [2.45, 2.75) is 25.7 Å². The summed E-state index contributed by atoms with van der Waals surface area (Å²) in [4.78, 5) is 114. The molecule has 6 amide bonds. The summed E-state index contributed by atoms with van der Waals surface area (Å²) in [5.74, 6) is 12.3. The number of para-hydroxylation sites is 6. The number of nitrogen functional groups attached to an aromatic ring is 1. The molecule has 39 heteroatoms. The van der Waals surface area contributed by atoms with E-state index in [4.69, 9.17) is 53.8 Å². The predicted molar refractivity (Wildman–Crippen MR) is 509 cm³/mol. The van der Waals surface area contributed by atoms with Crippen molar-refractivity contribution in [1.82, 2.24) is 29.7 Å². The number of anilines is 7. The lowest BCUT2D eigenvalue weighted by Gasteiger charge is -2.24. The molecule has 0 bridgehead atoms. The number of nitrogens with one attached hydrogen (secondary N) is 6. The molecule has 31 nitrogen and oxygen atoms in total. The Morgan fingerprint density at radius 1 is 0.358 bits per heavy atom. The Morgan fingerprint density at radius 2 is 0.657 bits per heavy atom. The molecule has 0 spiro atoms. The fraction of sp³-hybridized carbons (Fsp3) is 0.214. The zero-order chi connectivity index (χ0) is 97.0. The van der Waals surface area contributed by atoms with E-state index >= 15 is 0 Å². The third-order valence-corrected chi connectivity index (χ3v) is 22.5. The fourth-order valence-corrected chi connectivity index (χ4v) is 15.6. The Bertz CT molecular complexity index is 6700. The first-order valence-corrected chi connectivity index (χ1v) is 44.5. The topological polar surface area (TPSA) is 397 Å². The Hall–Kier alpha value is -15.5. The zero-order valence-electron chi connectivity index (χ0n) is 73.4. The predicted octanol–water partition coefficient (Wildman–Crippen LogP) is 15.7. The number of amides is 6. The summed E-state index contributed by atoms with van der Waals surface area (Å²) in [6.45, 7) is 11.7. The van der Waals surface area contributed by atoms with Crippen molar-refractivity contribution in [2.24, 2.45) is 0 Å². The summed E-state index contributed by atoms with van der Waals surface area (Å²) < 4.78 is 117. The monoisotopic (exact) mass is 1930 g/mol. The van der Waals surface area contributed by atoms with Crippen LogP contribution in [0.15, 0.2) is 207 Å². The van der Waals surface area contributed by atoms with Gasteiger partial charge < -0.3 is 85.7 Å². The van der Waals surface area contributed by atoms with Crippen LogP contribution in [0.4, 0.5) is 61.8 Å². The number of nitrogens with two attached hydrogens (primary N) is 1. The minimum absolute atomic E-state index is 0.0150. The number of pyridine rings is 3. The van der Waals surface area contributed by atoms with Gasteiger partial charge in [0.25, 0.3) is 0 Å². The summed E-state index contributed by atoms with van der Waals surface area (Å²) >= 11 is 4.32. The molecule has 0 aliphatic carbocycles. The van der Waals surface area contributed by atoms with E-state index in [9.17, 15) is 60.3 Å². The van der Waals surface area contributed by atoms with E-state index in [0.717, 1.165) is 112 Å². The van der Waals surface area contributed by atoms with E-state index in [2.05, 4.69) is 97.1 Å². The number of morpholine rings is 3. The molecule has 3 aliphatic heterocycles. The van der Waals surface area contributed by atoms with Crippen molar-refractivity contribution in [3.8, 4) is 81.5 Å². The van der Waals surface area contributed by atoms with Gasteiger partial charge in [0.15, 0.2) is 34.7 Å². The number of halogens is 5. The number of nitrogens with zero attached hydrogens (tertiary/aromatic N) is 6. The van der Waals surface area contributed by atoms with Gasteiger partial charge in [-0.25, -0.2) is 22.0 Å². The first-order chi connectivity index (χ1) is 66.3. The molecule has 0 unspecified atom stereocenters. The average molecular weight is 1930 g/mol. The van der Waals surface area contributed by atoms with Crippen molar-refractivity contribution in [3.63, 3.8) is 0 Å². The van der Waals surface area contributed by atoms with Gasteiger partial charge in [0.05, 0.1) is 142 Å². The maximum atomic E-state index is 15.0. The number of carboxylic acids is 2. The van der Waals surface area contributed by atoms with Crippen LogP contribution >= 0.6 is 34.0 Å². The minimum atomic E-state index is -1.25. The number of carbonyl (C=O) groups excluding carboxylic acids is 6. The van der Waals surface area contributed by atoms with E-state index in [1.165, 1.54) is 121 Å². The number of rotatable bonds is 25. The van der Waals surface area contributed by atoms with Crippen molar-refractivity contribution in [3.05, 3.63) is 250 Å². The summed E-state index contributed by atoms with van der Waals surface area (Å²) in [6, 6.07) is 47.9. The van der Waals surface area contributed by atoms with E-state index in [-0.39, 0.29) is 40.0 Å². The highest BCUT2D eigenvalue weighted by molar-refractivity contribution is 7.20. The normalized spacial score (nSPS) is 12.8.